The predicted molar refractivity (Wildman–Crippen MR) is 297 cm³/mol. The van der Waals surface area contributed by atoms with E-state index in [1.54, 1.807) is 0 Å². The van der Waals surface area contributed by atoms with Gasteiger partial charge in [-0.15, -0.1) is 0 Å². The highest BCUT2D eigenvalue weighted by atomic mass is 16.6. The van der Waals surface area contributed by atoms with Gasteiger partial charge in [0.15, 0.2) is 6.10 Å². The highest BCUT2D eigenvalue weighted by Crippen LogP contribution is 2.14. The molecule has 0 aromatic heterocycles. The molecular weight excluding hydrogens is 853 g/mol. The van der Waals surface area contributed by atoms with Crippen molar-refractivity contribution in [3.05, 3.63) is 97.2 Å². The fourth-order valence-corrected chi connectivity index (χ4v) is 7.68. The second-order valence-electron chi connectivity index (χ2n) is 18.8. The third-order valence-corrected chi connectivity index (χ3v) is 12.0. The van der Waals surface area contributed by atoms with E-state index in [-0.39, 0.29) is 31.6 Å². The lowest BCUT2D eigenvalue weighted by atomic mass is 10.1. The van der Waals surface area contributed by atoms with Gasteiger partial charge in [0.2, 0.25) is 0 Å². The summed E-state index contributed by atoms with van der Waals surface area (Å²) in [5.74, 6) is -1.01. The molecule has 0 aliphatic carbocycles. The molecule has 0 aromatic rings. The van der Waals surface area contributed by atoms with E-state index in [0.29, 0.717) is 19.3 Å². The van der Waals surface area contributed by atoms with E-state index >= 15 is 0 Å². The van der Waals surface area contributed by atoms with Crippen LogP contribution in [0.2, 0.25) is 0 Å². The number of allylic oxidation sites excluding steroid dienone is 16. The van der Waals surface area contributed by atoms with Gasteiger partial charge in [-0.3, -0.25) is 14.4 Å². The van der Waals surface area contributed by atoms with Gasteiger partial charge >= 0.3 is 17.9 Å². The summed E-state index contributed by atoms with van der Waals surface area (Å²) < 4.78 is 16.8. The summed E-state index contributed by atoms with van der Waals surface area (Å²) in [6.45, 7) is 6.51. The second kappa shape index (κ2) is 56.9. The van der Waals surface area contributed by atoms with Gasteiger partial charge in [-0.25, -0.2) is 0 Å². The summed E-state index contributed by atoms with van der Waals surface area (Å²) in [7, 11) is 0. The van der Waals surface area contributed by atoms with Crippen LogP contribution in [0.25, 0.3) is 0 Å². The highest BCUT2D eigenvalue weighted by Gasteiger charge is 2.19. The maximum absolute atomic E-state index is 12.8. The molecule has 0 radical (unpaired) electrons. The first-order valence-electron chi connectivity index (χ1n) is 28.7. The number of carbonyl (C=O) groups is 3. The number of carbonyl (C=O) groups excluding carboxylic acids is 3. The Morgan fingerprint density at radius 3 is 0.913 bits per heavy atom. The summed E-state index contributed by atoms with van der Waals surface area (Å²) in [6.07, 6.45) is 75.4. The van der Waals surface area contributed by atoms with E-state index < -0.39 is 12.1 Å². The van der Waals surface area contributed by atoms with E-state index in [0.717, 1.165) is 77.0 Å². The van der Waals surface area contributed by atoms with Gasteiger partial charge in [0, 0.05) is 19.3 Å². The minimum absolute atomic E-state index is 0.112. The maximum atomic E-state index is 12.8. The monoisotopic (exact) mass is 959 g/mol. The smallest absolute Gasteiger partial charge is 0.306 e. The Bertz CT molecular complexity index is 1380. The number of esters is 3. The lowest BCUT2D eigenvalue weighted by molar-refractivity contribution is -0.166. The van der Waals surface area contributed by atoms with Crippen molar-refractivity contribution in [1.29, 1.82) is 0 Å². The Kier molecular flexibility index (Phi) is 53.9. The van der Waals surface area contributed by atoms with Gasteiger partial charge < -0.3 is 14.2 Å². The van der Waals surface area contributed by atoms with Gasteiger partial charge in [0.05, 0.1) is 0 Å². The van der Waals surface area contributed by atoms with Gasteiger partial charge in [0.1, 0.15) is 13.2 Å². The van der Waals surface area contributed by atoms with Crippen molar-refractivity contribution in [2.45, 2.75) is 271 Å². The van der Waals surface area contributed by atoms with Crippen LogP contribution >= 0.6 is 0 Å². The van der Waals surface area contributed by atoms with Crippen molar-refractivity contribution in [1.82, 2.24) is 0 Å². The zero-order valence-corrected chi connectivity index (χ0v) is 45.0. The molecule has 0 bridgehead atoms. The van der Waals surface area contributed by atoms with E-state index in [9.17, 15) is 14.4 Å². The first kappa shape index (κ1) is 65.3. The molecule has 0 spiro atoms. The normalized spacial score (nSPS) is 12.8. The Hall–Kier alpha value is -3.67. The molecule has 0 aliphatic rings. The Labute approximate surface area is 426 Å². The van der Waals surface area contributed by atoms with Crippen molar-refractivity contribution in [2.24, 2.45) is 0 Å². The standard InChI is InChI=1S/C63H106O6/c1-4-7-10-13-16-19-22-25-28-30-31-33-36-39-42-45-48-51-54-57-63(66)69-60(58-67-61(64)55-52-49-46-43-40-37-34-27-24-21-18-15-12-9-6-3)59-68-62(65)56-53-50-47-44-41-38-35-32-29-26-23-20-17-14-11-8-5-2/h16-17,19-21,24-26,28-29,31,33,39,42,48,51,60H,4-15,18,22-23,27,30,32,34-38,40-41,43-47,49-50,52-59H2,1-3H3/b19-16-,20-17-,24-21-,28-25-,29-26-,33-31-,42-39-,51-48-/t60-/m0/s1. The first-order chi connectivity index (χ1) is 34.0. The van der Waals surface area contributed by atoms with E-state index in [2.05, 4.69) is 112 Å². The van der Waals surface area contributed by atoms with E-state index in [4.69, 9.17) is 14.2 Å². The quantitative estimate of drug-likeness (QED) is 0.0262. The summed E-state index contributed by atoms with van der Waals surface area (Å²) in [5, 5.41) is 0. The molecule has 0 heterocycles. The SMILES string of the molecule is CCCCC/C=C\C/C=C\C/C=C\C/C=C\C/C=C\CCC(=O)O[C@H](COC(=O)CCCCCCCCC/C=C\C/C=C\CCCCC)COC(=O)CCCCCCCCC/C=C\CCCCCC. The van der Waals surface area contributed by atoms with Crippen LogP contribution in [0.15, 0.2) is 97.2 Å². The van der Waals surface area contributed by atoms with Crippen LogP contribution in [-0.4, -0.2) is 37.2 Å². The van der Waals surface area contributed by atoms with Crippen LogP contribution in [0.4, 0.5) is 0 Å². The summed E-state index contributed by atoms with van der Waals surface area (Å²) >= 11 is 0. The van der Waals surface area contributed by atoms with Gasteiger partial charge in [-0.2, -0.15) is 0 Å². The molecule has 394 valence electrons. The number of ether oxygens (including phenoxy) is 3. The largest absolute Gasteiger partial charge is 0.462 e. The summed E-state index contributed by atoms with van der Waals surface area (Å²) in [6, 6.07) is 0. The fourth-order valence-electron chi connectivity index (χ4n) is 7.68. The number of hydrogen-bond donors (Lipinski definition) is 0. The van der Waals surface area contributed by atoms with E-state index in [1.807, 2.05) is 6.08 Å². The molecule has 0 N–H and O–H groups in total. The molecule has 0 saturated heterocycles. The lowest BCUT2D eigenvalue weighted by Gasteiger charge is -2.18. The molecule has 6 nitrogen and oxygen atoms in total. The van der Waals surface area contributed by atoms with Crippen LogP contribution in [0.3, 0.4) is 0 Å². The fraction of sp³-hybridized carbons (Fsp3) is 0.698. The number of hydrogen-bond acceptors (Lipinski definition) is 6. The third kappa shape index (κ3) is 55.1. The average molecular weight is 960 g/mol. The van der Waals surface area contributed by atoms with Crippen LogP contribution in [0.1, 0.15) is 265 Å². The molecule has 0 aliphatic heterocycles. The van der Waals surface area contributed by atoms with Crippen molar-refractivity contribution in [2.75, 3.05) is 13.2 Å². The molecule has 0 saturated carbocycles. The summed E-state index contributed by atoms with van der Waals surface area (Å²) in [4.78, 5) is 38.1. The van der Waals surface area contributed by atoms with Crippen LogP contribution in [0.5, 0.6) is 0 Å². The molecular formula is C63H106O6. The number of rotatable bonds is 51. The molecule has 69 heavy (non-hydrogen) atoms. The Balaban J connectivity index is 4.53. The van der Waals surface area contributed by atoms with E-state index in [1.165, 1.54) is 141 Å². The van der Waals surface area contributed by atoms with Crippen molar-refractivity contribution in [3.63, 3.8) is 0 Å². The van der Waals surface area contributed by atoms with Gasteiger partial charge in [-0.1, -0.05) is 227 Å². The predicted octanol–water partition coefficient (Wildman–Crippen LogP) is 19.3. The van der Waals surface area contributed by atoms with Crippen LogP contribution in [0, 0.1) is 0 Å². The summed E-state index contributed by atoms with van der Waals surface area (Å²) in [5.41, 5.74) is 0. The molecule has 1 atom stereocenters. The highest BCUT2D eigenvalue weighted by molar-refractivity contribution is 5.71. The maximum Gasteiger partial charge on any atom is 0.306 e. The average Bonchev–Trinajstić information content (AvgIpc) is 3.35. The Morgan fingerprint density at radius 1 is 0.290 bits per heavy atom. The van der Waals surface area contributed by atoms with Crippen molar-refractivity contribution >= 4 is 17.9 Å². The topological polar surface area (TPSA) is 78.9 Å². The zero-order chi connectivity index (χ0) is 50.0. The van der Waals surface area contributed by atoms with Gasteiger partial charge in [-0.05, 0) is 116 Å². The van der Waals surface area contributed by atoms with Crippen LogP contribution in [-0.2, 0) is 28.6 Å². The molecule has 0 aromatic carbocycles. The van der Waals surface area contributed by atoms with Crippen molar-refractivity contribution < 1.29 is 28.6 Å². The third-order valence-electron chi connectivity index (χ3n) is 12.0. The molecule has 0 fully saturated rings. The minimum atomic E-state index is -0.823. The van der Waals surface area contributed by atoms with Gasteiger partial charge in [0.25, 0.3) is 0 Å². The molecule has 0 rings (SSSR count). The number of unbranched alkanes of at least 4 members (excludes halogenated alkanes) is 24. The lowest BCUT2D eigenvalue weighted by Crippen LogP contribution is -2.30. The first-order valence-corrected chi connectivity index (χ1v) is 28.7. The van der Waals surface area contributed by atoms with Crippen LogP contribution < -0.4 is 0 Å². The molecule has 6 heteroatoms. The Morgan fingerprint density at radius 2 is 0.551 bits per heavy atom. The van der Waals surface area contributed by atoms with Crippen molar-refractivity contribution in [3.8, 4) is 0 Å². The molecule has 0 amide bonds. The molecule has 0 unspecified atom stereocenters. The zero-order valence-electron chi connectivity index (χ0n) is 45.0. The second-order valence-corrected chi connectivity index (χ2v) is 18.8. The minimum Gasteiger partial charge on any atom is -0.462 e.